The topological polar surface area (TPSA) is 73.6 Å². The quantitative estimate of drug-likeness (QED) is 0.774. The highest BCUT2D eigenvalue weighted by Gasteiger charge is 2.30. The molecule has 0 unspecified atom stereocenters. The van der Waals surface area contributed by atoms with E-state index in [0.29, 0.717) is 23.9 Å². The lowest BCUT2D eigenvalue weighted by Gasteiger charge is -2.21. The first-order valence-corrected chi connectivity index (χ1v) is 8.99. The fraction of sp³-hybridized carbons (Fsp3) is 0.474. The van der Waals surface area contributed by atoms with Crippen molar-refractivity contribution < 1.29 is 32.0 Å². The van der Waals surface area contributed by atoms with Gasteiger partial charge in [0.2, 0.25) is 5.91 Å². The summed E-state index contributed by atoms with van der Waals surface area (Å²) in [7, 11) is 0. The number of nitrogens with one attached hydrogen (secondary N) is 1. The number of ether oxygens (including phenoxy) is 2. The van der Waals surface area contributed by atoms with Gasteiger partial charge >= 0.3 is 6.18 Å². The number of hydrogen-bond acceptors (Lipinski definition) is 5. The maximum absolute atomic E-state index is 12.7. The van der Waals surface area contributed by atoms with Crippen LogP contribution in [-0.4, -0.2) is 30.8 Å². The summed E-state index contributed by atoms with van der Waals surface area (Å²) in [4.78, 5) is 12.0. The highest BCUT2D eigenvalue weighted by atomic mass is 19.4. The molecule has 2 aromatic rings. The lowest BCUT2D eigenvalue weighted by molar-refractivity contribution is -0.137. The van der Waals surface area contributed by atoms with Gasteiger partial charge in [-0.25, -0.2) is 0 Å². The third-order valence-corrected chi connectivity index (χ3v) is 4.42. The summed E-state index contributed by atoms with van der Waals surface area (Å²) in [6, 6.07) is 6.14. The van der Waals surface area contributed by atoms with Crippen LogP contribution in [0.25, 0.3) is 0 Å². The van der Waals surface area contributed by atoms with Gasteiger partial charge in [0.05, 0.1) is 17.7 Å². The highest BCUT2D eigenvalue weighted by molar-refractivity contribution is 5.78. The van der Waals surface area contributed by atoms with Gasteiger partial charge in [0.15, 0.2) is 5.76 Å². The number of hydrogen-bond donors (Lipinski definition) is 1. The van der Waals surface area contributed by atoms with Crippen molar-refractivity contribution in [2.45, 2.75) is 32.0 Å². The molecular weight excluding hydrogens is 377 g/mol. The molecule has 3 rings (SSSR count). The Labute approximate surface area is 160 Å². The second-order valence-electron chi connectivity index (χ2n) is 6.64. The normalized spacial score (nSPS) is 15.4. The van der Waals surface area contributed by atoms with Crippen LogP contribution in [0.3, 0.4) is 0 Å². The van der Waals surface area contributed by atoms with Gasteiger partial charge in [-0.1, -0.05) is 11.2 Å². The Bertz CT molecular complexity index is 785. The zero-order valence-electron chi connectivity index (χ0n) is 15.1. The zero-order valence-corrected chi connectivity index (χ0v) is 15.1. The second kappa shape index (κ2) is 9.09. The van der Waals surface area contributed by atoms with Crippen molar-refractivity contribution in [3.63, 3.8) is 0 Å². The van der Waals surface area contributed by atoms with Crippen LogP contribution < -0.4 is 10.1 Å². The van der Waals surface area contributed by atoms with Crippen LogP contribution in [0.4, 0.5) is 13.2 Å². The molecule has 9 heteroatoms. The van der Waals surface area contributed by atoms with Gasteiger partial charge in [-0.3, -0.25) is 4.79 Å². The number of halogens is 3. The first-order valence-electron chi connectivity index (χ1n) is 8.99. The van der Waals surface area contributed by atoms with E-state index in [1.54, 1.807) is 6.07 Å². The minimum Gasteiger partial charge on any atom is -0.486 e. The van der Waals surface area contributed by atoms with Crippen LogP contribution in [0.15, 0.2) is 34.9 Å². The average Bonchev–Trinajstić information content (AvgIpc) is 3.12. The molecule has 1 N–H and O–H groups in total. The Morgan fingerprint density at radius 2 is 2.04 bits per heavy atom. The maximum Gasteiger partial charge on any atom is 0.416 e. The summed E-state index contributed by atoms with van der Waals surface area (Å²) in [5.74, 6) is 0.656. The van der Waals surface area contributed by atoms with Crippen LogP contribution in [0, 0.1) is 5.92 Å². The van der Waals surface area contributed by atoms with E-state index in [-0.39, 0.29) is 24.7 Å². The molecule has 1 aromatic heterocycles. The van der Waals surface area contributed by atoms with E-state index in [2.05, 4.69) is 10.5 Å². The van der Waals surface area contributed by atoms with Crippen molar-refractivity contribution in [1.29, 1.82) is 0 Å². The predicted octanol–water partition coefficient (Wildman–Crippen LogP) is 3.36. The van der Waals surface area contributed by atoms with Gasteiger partial charge in [-0.15, -0.1) is 0 Å². The van der Waals surface area contributed by atoms with Crippen molar-refractivity contribution in [2.24, 2.45) is 5.92 Å². The van der Waals surface area contributed by atoms with E-state index in [4.69, 9.17) is 14.0 Å². The first-order chi connectivity index (χ1) is 13.4. The van der Waals surface area contributed by atoms with Crippen molar-refractivity contribution in [1.82, 2.24) is 10.5 Å². The monoisotopic (exact) mass is 398 g/mol. The molecule has 0 atom stereocenters. The standard InChI is InChI=1S/C19H21F3N2O4/c20-19(21,22)14-2-1-3-16(8-14)27-12-17-9-15(24-28-17)10-18(25)23-11-13-4-6-26-7-5-13/h1-3,8-9,13H,4-7,10-12H2,(H,23,25). The van der Waals surface area contributed by atoms with E-state index in [1.807, 2.05) is 0 Å². The summed E-state index contributed by atoms with van der Waals surface area (Å²) in [6.07, 6.45) is -2.50. The fourth-order valence-corrected chi connectivity index (χ4v) is 2.86. The SMILES string of the molecule is O=C(Cc1cc(COc2cccc(C(F)(F)F)c2)on1)NCC1CCOCC1. The molecule has 1 fully saturated rings. The zero-order chi connectivity index (χ0) is 20.0. The number of nitrogens with zero attached hydrogens (tertiary/aromatic N) is 1. The predicted molar refractivity (Wildman–Crippen MR) is 92.5 cm³/mol. The van der Waals surface area contributed by atoms with Crippen molar-refractivity contribution in [3.05, 3.63) is 47.3 Å². The van der Waals surface area contributed by atoms with Gasteiger partial charge in [-0.05, 0) is 37.0 Å². The lowest BCUT2D eigenvalue weighted by Crippen LogP contribution is -2.33. The molecule has 1 aliphatic heterocycles. The first kappa shape index (κ1) is 20.2. The summed E-state index contributed by atoms with van der Waals surface area (Å²) in [6.45, 7) is 1.96. The summed E-state index contributed by atoms with van der Waals surface area (Å²) >= 11 is 0. The number of aromatic nitrogens is 1. The Kier molecular flexibility index (Phi) is 6.56. The molecule has 1 amide bonds. The molecule has 2 heterocycles. The van der Waals surface area contributed by atoms with E-state index < -0.39 is 11.7 Å². The summed E-state index contributed by atoms with van der Waals surface area (Å²) in [5, 5.41) is 6.68. The molecule has 152 valence electrons. The molecule has 1 aromatic carbocycles. The third-order valence-electron chi connectivity index (χ3n) is 4.42. The number of rotatable bonds is 7. The molecule has 1 saturated heterocycles. The largest absolute Gasteiger partial charge is 0.486 e. The van der Waals surface area contributed by atoms with Crippen molar-refractivity contribution >= 4 is 5.91 Å². The summed E-state index contributed by atoms with van der Waals surface area (Å²) in [5.41, 5.74) is -0.350. The van der Waals surface area contributed by atoms with Crippen LogP contribution in [-0.2, 0) is 28.7 Å². The van der Waals surface area contributed by atoms with Gasteiger partial charge in [-0.2, -0.15) is 13.2 Å². The fourth-order valence-electron chi connectivity index (χ4n) is 2.86. The van der Waals surface area contributed by atoms with Gasteiger partial charge in [0.25, 0.3) is 0 Å². The van der Waals surface area contributed by atoms with Gasteiger partial charge in [0.1, 0.15) is 12.4 Å². The summed E-state index contributed by atoms with van der Waals surface area (Å²) < 4.78 is 53.8. The maximum atomic E-state index is 12.7. The molecule has 28 heavy (non-hydrogen) atoms. The minimum atomic E-state index is -4.43. The van der Waals surface area contributed by atoms with E-state index >= 15 is 0 Å². The van der Waals surface area contributed by atoms with Crippen molar-refractivity contribution in [2.75, 3.05) is 19.8 Å². The van der Waals surface area contributed by atoms with E-state index in [0.717, 1.165) is 38.2 Å². The molecule has 6 nitrogen and oxygen atoms in total. The van der Waals surface area contributed by atoms with Crippen molar-refractivity contribution in [3.8, 4) is 5.75 Å². The van der Waals surface area contributed by atoms with Crippen LogP contribution >= 0.6 is 0 Å². The molecule has 0 spiro atoms. The molecule has 0 bridgehead atoms. The molecule has 0 aliphatic carbocycles. The van der Waals surface area contributed by atoms with Gasteiger partial charge in [0, 0.05) is 25.8 Å². The highest BCUT2D eigenvalue weighted by Crippen LogP contribution is 2.31. The minimum absolute atomic E-state index is 0.0658. The lowest BCUT2D eigenvalue weighted by atomic mass is 10.0. The van der Waals surface area contributed by atoms with Crippen LogP contribution in [0.2, 0.25) is 0 Å². The number of alkyl halides is 3. The molecule has 0 saturated carbocycles. The van der Waals surface area contributed by atoms with Gasteiger partial charge < -0.3 is 19.3 Å². The second-order valence-corrected chi connectivity index (χ2v) is 6.64. The molecular formula is C19H21F3N2O4. The number of carbonyl (C=O) groups is 1. The third kappa shape index (κ3) is 5.98. The van der Waals surface area contributed by atoms with E-state index in [1.165, 1.54) is 12.1 Å². The average molecular weight is 398 g/mol. The van der Waals surface area contributed by atoms with E-state index in [9.17, 15) is 18.0 Å². The molecule has 0 radical (unpaired) electrons. The Balaban J connectivity index is 1.45. The number of amides is 1. The Morgan fingerprint density at radius 3 is 2.79 bits per heavy atom. The van der Waals surface area contributed by atoms with Crippen LogP contribution in [0.5, 0.6) is 5.75 Å². The Morgan fingerprint density at radius 1 is 1.25 bits per heavy atom. The Hall–Kier alpha value is -2.55. The number of benzene rings is 1. The number of carbonyl (C=O) groups excluding carboxylic acids is 1. The smallest absolute Gasteiger partial charge is 0.416 e. The van der Waals surface area contributed by atoms with Crippen LogP contribution in [0.1, 0.15) is 29.9 Å². The molecule has 1 aliphatic rings.